The van der Waals surface area contributed by atoms with E-state index in [1.807, 2.05) is 26.8 Å². The molecule has 2 fully saturated rings. The summed E-state index contributed by atoms with van der Waals surface area (Å²) in [6, 6.07) is 1.33. The predicted molar refractivity (Wildman–Crippen MR) is 277 cm³/mol. The molecule has 3 aliphatic heterocycles. The van der Waals surface area contributed by atoms with E-state index in [2.05, 4.69) is 10.6 Å². The van der Waals surface area contributed by atoms with Gasteiger partial charge in [-0.05, 0) is 90.8 Å². The van der Waals surface area contributed by atoms with E-state index >= 15 is 0 Å². The summed E-state index contributed by atoms with van der Waals surface area (Å²) in [6.07, 6.45) is 1.30. The summed E-state index contributed by atoms with van der Waals surface area (Å²) in [7, 11) is 3.72. The number of nitrogens with two attached hydrogens (primary N) is 1. The quantitative estimate of drug-likeness (QED) is 0.0317. The van der Waals surface area contributed by atoms with Crippen molar-refractivity contribution in [1.82, 2.24) is 15.5 Å². The van der Waals surface area contributed by atoms with E-state index in [4.69, 9.17) is 46.1 Å². The standard InChI is InChI=1S/C48H72ClN5O16S3/c1-27-14-13-16-36(67-10)48(62)26-34(68-45(61)52-48)28(2)41-47(6,70-41)37(25-39(56)54(8)32-23-30(22-27)24-33(66-9)40(32)49)69-44(60)29(3)53(7)38(55)17-19-46(4,5)72-71-21-18-35(73(63,64)65)42(57)51-20-12-11-15-31(50)43(58)59/h13-14,16,23-24,28-29,31,34-37,41,62H,11-12,15,17-22,25-26,50H2,1-10H3,(H,51,57)(H,52,61)(H,58,59)(H,63,64,65)/b16-13+,27-14+/t28-,29+,31+,34+,35?,36-,37+,41+,47+,48+/m1/s1. The van der Waals surface area contributed by atoms with Gasteiger partial charge in [-0.15, -0.1) is 0 Å². The highest BCUT2D eigenvalue weighted by Crippen LogP contribution is 2.49. The molecule has 10 atom stereocenters. The summed E-state index contributed by atoms with van der Waals surface area (Å²) >= 11 is 6.81. The number of allylic oxidation sites excluding steroid dienone is 3. The number of rotatable bonds is 21. The number of hydrogen-bond donors (Lipinski definition) is 6. The van der Waals surface area contributed by atoms with Gasteiger partial charge in [-0.2, -0.15) is 8.42 Å². The van der Waals surface area contributed by atoms with Gasteiger partial charge in [0.2, 0.25) is 17.7 Å². The van der Waals surface area contributed by atoms with Crippen molar-refractivity contribution in [2.24, 2.45) is 11.7 Å². The number of ether oxygens (including phenoxy) is 5. The molecule has 0 aliphatic carbocycles. The fourth-order valence-electron chi connectivity index (χ4n) is 8.55. The SMILES string of the molecule is COc1cc2cc(c1Cl)N(C)C(=O)C[C@H](OC(=O)[C@H](C)N(C)C(=O)CCC(C)(C)SSCCC(C(=O)NCCCC[C@H](N)C(=O)O)S(=O)(=O)O)[C@]1(C)O[C@H]1[C@H](C)[C@@H]1C[C@@](O)(NC(=O)O1)[C@H](OC)/C=C/C=C(\C)C2. The van der Waals surface area contributed by atoms with Crippen LogP contribution in [0.5, 0.6) is 5.75 Å². The Morgan fingerprint density at radius 3 is 2.48 bits per heavy atom. The van der Waals surface area contributed by atoms with Gasteiger partial charge in [0.25, 0.3) is 10.1 Å². The Morgan fingerprint density at radius 2 is 1.85 bits per heavy atom. The number of carboxylic acids is 1. The number of aliphatic carboxylic acids is 1. The maximum absolute atomic E-state index is 14.4. The third-order valence-electron chi connectivity index (χ3n) is 13.4. The summed E-state index contributed by atoms with van der Waals surface area (Å²) in [6.45, 7) is 10.6. The zero-order valence-corrected chi connectivity index (χ0v) is 46.2. The summed E-state index contributed by atoms with van der Waals surface area (Å²) in [5.41, 5.74) is 4.25. The van der Waals surface area contributed by atoms with E-state index in [-0.39, 0.29) is 43.0 Å². The van der Waals surface area contributed by atoms with Crippen molar-refractivity contribution in [3.8, 4) is 5.75 Å². The van der Waals surface area contributed by atoms with Gasteiger partial charge in [0.15, 0.2) is 11.0 Å². The van der Waals surface area contributed by atoms with Crippen LogP contribution in [0.25, 0.3) is 0 Å². The van der Waals surface area contributed by atoms with Crippen molar-refractivity contribution in [1.29, 1.82) is 0 Å². The zero-order chi connectivity index (χ0) is 54.8. The lowest BCUT2D eigenvalue weighted by molar-refractivity contribution is -0.162. The van der Waals surface area contributed by atoms with Crippen LogP contribution in [0.4, 0.5) is 10.5 Å². The second-order valence-electron chi connectivity index (χ2n) is 19.6. The molecule has 0 spiro atoms. The molecule has 73 heavy (non-hydrogen) atoms. The molecule has 0 saturated carbocycles. The molecule has 0 radical (unpaired) electrons. The molecule has 3 heterocycles. The van der Waals surface area contributed by atoms with Crippen molar-refractivity contribution in [2.75, 3.05) is 45.5 Å². The van der Waals surface area contributed by atoms with E-state index in [1.165, 1.54) is 66.6 Å². The molecule has 3 aliphatic rings. The van der Waals surface area contributed by atoms with Gasteiger partial charge in [-0.3, -0.25) is 29.0 Å². The number of hydrogen-bond acceptors (Lipinski definition) is 17. The number of carbonyl (C=O) groups is 6. The van der Waals surface area contributed by atoms with E-state index < -0.39 is 116 Å². The third kappa shape index (κ3) is 16.7. The molecular formula is C48H72ClN5O16S3. The fraction of sp³-hybridized carbons (Fsp3) is 0.667. The maximum atomic E-state index is 14.4. The van der Waals surface area contributed by atoms with Crippen LogP contribution < -0.4 is 26.0 Å². The van der Waals surface area contributed by atoms with Gasteiger partial charge in [-0.1, -0.05) is 63.9 Å². The zero-order valence-electron chi connectivity index (χ0n) is 43.0. The van der Waals surface area contributed by atoms with Gasteiger partial charge in [-0.25, -0.2) is 9.59 Å². The number of halogens is 1. The van der Waals surface area contributed by atoms with Crippen LogP contribution in [0.3, 0.4) is 0 Å². The van der Waals surface area contributed by atoms with Gasteiger partial charge < -0.3 is 54.7 Å². The molecule has 410 valence electrons. The molecule has 4 amide bonds. The number of nitrogens with one attached hydrogen (secondary N) is 2. The summed E-state index contributed by atoms with van der Waals surface area (Å²) in [4.78, 5) is 81.3. The molecule has 4 rings (SSSR count). The second kappa shape index (κ2) is 26.1. The first-order chi connectivity index (χ1) is 34.0. The smallest absolute Gasteiger partial charge is 0.409 e. The summed E-state index contributed by atoms with van der Waals surface area (Å²) < 4.78 is 62.8. The minimum atomic E-state index is -4.75. The highest BCUT2D eigenvalue weighted by Gasteiger charge is 2.64. The Kier molecular flexibility index (Phi) is 21.9. The number of likely N-dealkylation sites (N-methyl/N-ethyl adjacent to an activating group) is 1. The molecule has 7 N–H and O–H groups in total. The number of amides is 4. The number of carbonyl (C=O) groups excluding carboxylic acids is 5. The van der Waals surface area contributed by atoms with E-state index in [1.54, 1.807) is 38.1 Å². The fourth-order valence-corrected chi connectivity index (χ4v) is 12.5. The van der Waals surface area contributed by atoms with E-state index in [9.17, 15) is 46.8 Å². The number of aliphatic hydroxyl groups is 1. The number of epoxide rings is 1. The lowest BCUT2D eigenvalue weighted by Gasteiger charge is -2.42. The Labute approximate surface area is 440 Å². The van der Waals surface area contributed by atoms with Gasteiger partial charge in [0.05, 0.1) is 25.3 Å². The number of anilines is 1. The number of nitrogens with zero attached hydrogens (tertiary/aromatic N) is 2. The Morgan fingerprint density at radius 1 is 1.16 bits per heavy atom. The van der Waals surface area contributed by atoms with Gasteiger partial charge in [0.1, 0.15) is 46.8 Å². The van der Waals surface area contributed by atoms with Crippen LogP contribution in [0.2, 0.25) is 5.02 Å². The van der Waals surface area contributed by atoms with Crippen LogP contribution >= 0.6 is 33.2 Å². The lowest BCUT2D eigenvalue weighted by atomic mass is 9.83. The number of carboxylic acid groups (broad SMARTS) is 1. The molecule has 4 bridgehead atoms. The topological polar surface area (TPSA) is 303 Å². The number of unbranched alkanes of at least 4 members (excludes halogenated alkanes) is 1. The first-order valence-corrected chi connectivity index (χ1v) is 28.1. The van der Waals surface area contributed by atoms with Crippen molar-refractivity contribution in [3.05, 3.63) is 46.5 Å². The molecule has 1 aromatic carbocycles. The maximum Gasteiger partial charge on any atom is 0.409 e. The summed E-state index contributed by atoms with van der Waals surface area (Å²) in [5, 5.41) is 24.2. The van der Waals surface area contributed by atoms with Crippen LogP contribution in [-0.4, -0.2) is 162 Å². The van der Waals surface area contributed by atoms with Crippen molar-refractivity contribution < 1.29 is 75.6 Å². The van der Waals surface area contributed by atoms with Crippen LogP contribution in [-0.2, 0) is 59.5 Å². The predicted octanol–water partition coefficient (Wildman–Crippen LogP) is 4.80. The summed E-state index contributed by atoms with van der Waals surface area (Å²) in [5.74, 6) is -3.89. The Balaban J connectivity index is 1.47. The monoisotopic (exact) mass is 1110 g/mol. The average Bonchev–Trinajstić information content (AvgIpc) is 4.01. The minimum Gasteiger partial charge on any atom is -0.495 e. The molecule has 2 saturated heterocycles. The number of benzene rings is 1. The highest BCUT2D eigenvalue weighted by atomic mass is 35.5. The first kappa shape index (κ1) is 61.4. The van der Waals surface area contributed by atoms with E-state index in [0.29, 0.717) is 37.1 Å². The number of methoxy groups -OCH3 is 2. The van der Waals surface area contributed by atoms with E-state index in [0.717, 1.165) is 11.1 Å². The number of esters is 1. The third-order valence-corrected chi connectivity index (χ3v) is 18.4. The largest absolute Gasteiger partial charge is 0.495 e. The van der Waals surface area contributed by atoms with Gasteiger partial charge in [0, 0.05) is 57.0 Å². The van der Waals surface area contributed by atoms with Crippen molar-refractivity contribution in [3.63, 3.8) is 0 Å². The van der Waals surface area contributed by atoms with Crippen LogP contribution in [0.15, 0.2) is 35.9 Å². The normalized spacial score (nSPS) is 27.1. The Hall–Kier alpha value is -4.14. The number of fused-ring (bicyclic) bond motifs is 5. The lowest BCUT2D eigenvalue weighted by Crippen LogP contribution is -2.63. The highest BCUT2D eigenvalue weighted by molar-refractivity contribution is 8.77. The molecule has 1 unspecified atom stereocenters. The molecule has 1 aromatic rings. The first-order valence-electron chi connectivity index (χ1n) is 23.9. The molecule has 25 heteroatoms. The van der Waals surface area contributed by atoms with Gasteiger partial charge >= 0.3 is 18.0 Å². The second-order valence-corrected chi connectivity index (χ2v) is 24.7. The molecular weight excluding hydrogens is 1030 g/mol. The van der Waals surface area contributed by atoms with Crippen molar-refractivity contribution in [2.45, 2.75) is 157 Å². The van der Waals surface area contributed by atoms with Crippen LogP contribution in [0.1, 0.15) is 98.5 Å². The average molecular weight is 1110 g/mol. The van der Waals surface area contributed by atoms with Crippen LogP contribution in [0, 0.1) is 5.92 Å². The molecule has 0 aromatic heterocycles. The minimum absolute atomic E-state index is 0.00510. The van der Waals surface area contributed by atoms with Crippen molar-refractivity contribution >= 4 is 84.7 Å². The Bertz CT molecular complexity index is 2360. The molecule has 21 nitrogen and oxygen atoms in total. The number of alkyl carbamates (subject to hydrolysis) is 1.